The molecule has 0 aromatic heterocycles. The van der Waals surface area contributed by atoms with Gasteiger partial charge >= 0.3 is 29.6 Å². The van der Waals surface area contributed by atoms with Crippen LogP contribution in [-0.2, 0) is 20.0 Å². The molecule has 74 valence electrons. The average molecular weight is 219 g/mol. The molecular weight excluding hydrogens is 205 g/mol. The molecule has 1 amide bonds. The van der Waals surface area contributed by atoms with Crippen LogP contribution in [0.4, 0.5) is 0 Å². The molecule has 0 aliphatic heterocycles. The number of carbonyl (C=O) groups is 1. The van der Waals surface area contributed by atoms with Gasteiger partial charge in [0.15, 0.2) is 0 Å². The van der Waals surface area contributed by atoms with Crippen LogP contribution in [0.5, 0.6) is 0 Å². The van der Waals surface area contributed by atoms with Gasteiger partial charge in [-0.3, -0.25) is 8.98 Å². The van der Waals surface area contributed by atoms with E-state index in [2.05, 4.69) is 16.5 Å². The normalized spacial score (nSPS) is 7.85. The van der Waals surface area contributed by atoms with E-state index < -0.39 is 16.9 Å². The van der Waals surface area contributed by atoms with Crippen molar-refractivity contribution in [2.24, 2.45) is 5.73 Å². The predicted molar refractivity (Wildman–Crippen MR) is 53.1 cm³/mol. The Kier molecular flexibility index (Phi) is 21.2. The molecular formula is C6H14NNaO4S. The fourth-order valence-corrected chi connectivity index (χ4v) is 0.497. The summed E-state index contributed by atoms with van der Waals surface area (Å²) in [6.45, 7) is 5.24. The number of hydrogen-bond donors (Lipinski definition) is 2. The second kappa shape index (κ2) is 14.6. The van der Waals surface area contributed by atoms with Gasteiger partial charge in [0.2, 0.25) is 5.91 Å². The van der Waals surface area contributed by atoms with Gasteiger partial charge in [-0.15, -0.1) is 0 Å². The summed E-state index contributed by atoms with van der Waals surface area (Å²) in [6.07, 6.45) is 1.79. The van der Waals surface area contributed by atoms with Crippen molar-refractivity contribution in [1.29, 1.82) is 0 Å². The van der Waals surface area contributed by atoms with E-state index in [0.29, 0.717) is 6.61 Å². The Morgan fingerprint density at radius 1 is 1.62 bits per heavy atom. The zero-order valence-corrected chi connectivity index (χ0v) is 7.75. The molecule has 0 radical (unpaired) electrons. The Hall–Kier alpha value is 0.120. The minimum absolute atomic E-state index is 0. The maximum atomic E-state index is 9.57. The van der Waals surface area contributed by atoms with Crippen LogP contribution in [0.1, 0.15) is 13.3 Å². The Morgan fingerprint density at radius 2 is 2.00 bits per heavy atom. The molecule has 2 N–H and O–H groups in total. The SMILES string of the molecule is C=CC(N)=O.CCCO[SH](=O)=O.[NaH]. The Bertz CT molecular complexity index is 197. The van der Waals surface area contributed by atoms with Crippen molar-refractivity contribution in [1.82, 2.24) is 0 Å². The van der Waals surface area contributed by atoms with E-state index in [0.717, 1.165) is 12.5 Å². The molecule has 0 aromatic carbocycles. The predicted octanol–water partition coefficient (Wildman–Crippen LogP) is -1.05. The third-order valence-corrected chi connectivity index (χ3v) is 0.995. The maximum absolute atomic E-state index is 9.57. The van der Waals surface area contributed by atoms with Crippen molar-refractivity contribution >= 4 is 46.4 Å². The molecule has 0 bridgehead atoms. The van der Waals surface area contributed by atoms with E-state index >= 15 is 0 Å². The summed E-state index contributed by atoms with van der Waals surface area (Å²) in [4.78, 5) is 9.47. The van der Waals surface area contributed by atoms with Crippen molar-refractivity contribution in [2.75, 3.05) is 6.61 Å². The molecule has 0 saturated heterocycles. The summed E-state index contributed by atoms with van der Waals surface area (Å²) in [5, 5.41) is 0. The number of nitrogens with two attached hydrogens (primary N) is 1. The van der Waals surface area contributed by atoms with Gasteiger partial charge in [0, 0.05) is 0 Å². The first-order valence-electron chi connectivity index (χ1n) is 3.23. The number of amides is 1. The number of carbonyl (C=O) groups excluding carboxylic acids is 1. The summed E-state index contributed by atoms with van der Waals surface area (Å²) in [7, 11) is -2.61. The molecule has 7 heteroatoms. The van der Waals surface area contributed by atoms with E-state index in [1.807, 2.05) is 6.92 Å². The first-order chi connectivity index (χ1) is 5.54. The molecule has 0 saturated carbocycles. The van der Waals surface area contributed by atoms with E-state index in [9.17, 15) is 13.2 Å². The molecule has 5 nitrogen and oxygen atoms in total. The summed E-state index contributed by atoms with van der Waals surface area (Å²) in [6, 6.07) is 0. The number of rotatable bonds is 4. The molecule has 13 heavy (non-hydrogen) atoms. The third kappa shape index (κ3) is 33.1. The monoisotopic (exact) mass is 219 g/mol. The minimum atomic E-state index is -2.61. The van der Waals surface area contributed by atoms with E-state index in [1.54, 1.807) is 0 Å². The first kappa shape index (κ1) is 18.8. The van der Waals surface area contributed by atoms with Gasteiger partial charge in [0.1, 0.15) is 0 Å². The van der Waals surface area contributed by atoms with E-state index in [4.69, 9.17) is 0 Å². The van der Waals surface area contributed by atoms with Crippen LogP contribution in [0.3, 0.4) is 0 Å². The van der Waals surface area contributed by atoms with Crippen molar-refractivity contribution in [3.8, 4) is 0 Å². The van der Waals surface area contributed by atoms with Crippen LogP contribution in [0.15, 0.2) is 12.7 Å². The molecule has 0 heterocycles. The van der Waals surface area contributed by atoms with Crippen molar-refractivity contribution in [3.63, 3.8) is 0 Å². The molecule has 0 atom stereocenters. The zero-order valence-electron chi connectivity index (χ0n) is 6.86. The number of thiol groups is 1. The molecule has 0 aliphatic carbocycles. The Morgan fingerprint density at radius 3 is 2.08 bits per heavy atom. The molecule has 0 rings (SSSR count). The Balaban J connectivity index is -0.000000150. The zero-order chi connectivity index (χ0) is 9.98. The Labute approximate surface area is 102 Å². The molecule has 0 aliphatic rings. The van der Waals surface area contributed by atoms with Gasteiger partial charge in [-0.2, -0.15) is 0 Å². The summed E-state index contributed by atoms with van der Waals surface area (Å²) >= 11 is 0. The van der Waals surface area contributed by atoms with E-state index in [1.165, 1.54) is 0 Å². The topological polar surface area (TPSA) is 86.5 Å². The molecule has 0 spiro atoms. The second-order valence-electron chi connectivity index (χ2n) is 1.66. The van der Waals surface area contributed by atoms with Gasteiger partial charge < -0.3 is 5.73 Å². The van der Waals surface area contributed by atoms with Gasteiger partial charge in [-0.1, -0.05) is 13.5 Å². The van der Waals surface area contributed by atoms with Crippen LogP contribution in [0.25, 0.3) is 0 Å². The first-order valence-corrected chi connectivity index (χ1v) is 4.33. The van der Waals surface area contributed by atoms with Crippen molar-refractivity contribution < 1.29 is 17.4 Å². The quantitative estimate of drug-likeness (QED) is 0.359. The van der Waals surface area contributed by atoms with Gasteiger partial charge in [0.05, 0.1) is 6.61 Å². The number of hydrogen-bond acceptors (Lipinski definition) is 4. The fraction of sp³-hybridized carbons (Fsp3) is 0.500. The standard InChI is InChI=1S/C3H5NO.C3H8O3S.Na.H/c1-2-3(4)5;1-2-3-6-7(4)5;;/h2H,1H2,(H2,4,5);7H,2-3H2,1H3;;. The number of primary amides is 1. The van der Waals surface area contributed by atoms with Crippen LogP contribution in [-0.4, -0.2) is 50.5 Å². The summed E-state index contributed by atoms with van der Waals surface area (Å²) in [5.74, 6) is -0.481. The third-order valence-electron chi connectivity index (χ3n) is 0.602. The molecule has 0 unspecified atom stereocenters. The average Bonchev–Trinajstić information content (AvgIpc) is 2.02. The van der Waals surface area contributed by atoms with E-state index in [-0.39, 0.29) is 29.6 Å². The van der Waals surface area contributed by atoms with Gasteiger partial charge in [-0.25, -0.2) is 8.42 Å². The van der Waals surface area contributed by atoms with Crippen LogP contribution < -0.4 is 5.73 Å². The van der Waals surface area contributed by atoms with Crippen molar-refractivity contribution in [2.45, 2.75) is 13.3 Å². The summed E-state index contributed by atoms with van der Waals surface area (Å²) < 4.78 is 23.3. The van der Waals surface area contributed by atoms with Crippen LogP contribution >= 0.6 is 0 Å². The van der Waals surface area contributed by atoms with Crippen LogP contribution in [0, 0.1) is 0 Å². The molecule has 0 aromatic rings. The second-order valence-corrected chi connectivity index (χ2v) is 2.37. The van der Waals surface area contributed by atoms with Gasteiger partial charge in [-0.05, 0) is 12.5 Å². The van der Waals surface area contributed by atoms with Crippen LogP contribution in [0.2, 0.25) is 0 Å². The molecule has 0 fully saturated rings. The fourth-order valence-electron chi connectivity index (χ4n) is 0.166. The summed E-state index contributed by atoms with van der Waals surface area (Å²) in [5.41, 5.74) is 4.53. The van der Waals surface area contributed by atoms with Gasteiger partial charge in [0.25, 0.3) is 11.0 Å². The van der Waals surface area contributed by atoms with Crippen molar-refractivity contribution in [3.05, 3.63) is 12.7 Å².